The van der Waals surface area contributed by atoms with Crippen molar-refractivity contribution < 1.29 is 29.5 Å². The lowest BCUT2D eigenvalue weighted by molar-refractivity contribution is -0.0511. The molecule has 3 aromatic rings. The zero-order valence-corrected chi connectivity index (χ0v) is 16.9. The molecule has 166 valence electrons. The number of rotatable bonds is 4. The number of nitrogen functional groups attached to an aromatic ring is 1. The number of hydrogen-bond acceptors (Lipinski definition) is 10. The molecule has 11 nitrogen and oxygen atoms in total. The number of hydrogen-bond donors (Lipinski definition) is 4. The lowest BCUT2D eigenvalue weighted by atomic mass is 10.1. The number of nitrogens with two attached hydrogens (primary N) is 1. The summed E-state index contributed by atoms with van der Waals surface area (Å²) >= 11 is 0. The number of aromatic nitrogens is 4. The van der Waals surface area contributed by atoms with E-state index in [1.165, 1.54) is 10.9 Å². The standard InChI is InChI=1S/C21H21N5O6/c22-19-16-20(26(10-23-16)21-18(29)17(28)14(7-27)32-21)25-15(24-19)2-1-5-31-13-4-3-11-8-30-9-12(11)6-13/h3-4,6,10,14,17-18,21,27-29H,5,7-9H2,(H2,22,24,25)/t14-,17-,18-,21-/m1/s1. The van der Waals surface area contributed by atoms with E-state index in [1.54, 1.807) is 0 Å². The smallest absolute Gasteiger partial charge is 0.209 e. The molecule has 2 aliphatic heterocycles. The van der Waals surface area contributed by atoms with Gasteiger partial charge in [0.25, 0.3) is 0 Å². The molecule has 2 aliphatic rings. The average molecular weight is 439 g/mol. The van der Waals surface area contributed by atoms with E-state index in [0.717, 1.165) is 11.1 Å². The topological polar surface area (TPSA) is 158 Å². The number of ether oxygens (including phenoxy) is 3. The maximum Gasteiger partial charge on any atom is 0.209 e. The fourth-order valence-electron chi connectivity index (χ4n) is 3.76. The van der Waals surface area contributed by atoms with Crippen LogP contribution in [0.4, 0.5) is 5.82 Å². The third-order valence-electron chi connectivity index (χ3n) is 5.44. The highest BCUT2D eigenvalue weighted by atomic mass is 16.6. The van der Waals surface area contributed by atoms with Gasteiger partial charge in [0.05, 0.1) is 26.1 Å². The first kappa shape index (κ1) is 20.6. The first-order valence-electron chi connectivity index (χ1n) is 9.99. The predicted molar refractivity (Wildman–Crippen MR) is 110 cm³/mol. The van der Waals surface area contributed by atoms with Gasteiger partial charge in [0.1, 0.15) is 36.2 Å². The van der Waals surface area contributed by atoms with Crippen molar-refractivity contribution in [3.63, 3.8) is 0 Å². The van der Waals surface area contributed by atoms with Crippen LogP contribution in [-0.2, 0) is 22.7 Å². The molecule has 0 unspecified atom stereocenters. The lowest BCUT2D eigenvalue weighted by Gasteiger charge is -2.16. The molecule has 0 saturated carbocycles. The molecule has 2 aromatic heterocycles. The van der Waals surface area contributed by atoms with Gasteiger partial charge in [-0.3, -0.25) is 4.57 Å². The Morgan fingerprint density at radius 1 is 1.19 bits per heavy atom. The van der Waals surface area contributed by atoms with E-state index in [2.05, 4.69) is 26.8 Å². The number of imidazole rings is 1. The molecular formula is C21H21N5O6. The summed E-state index contributed by atoms with van der Waals surface area (Å²) in [4.78, 5) is 12.7. The molecule has 0 bridgehead atoms. The monoisotopic (exact) mass is 439 g/mol. The van der Waals surface area contributed by atoms with Gasteiger partial charge in [-0.25, -0.2) is 15.0 Å². The highest BCUT2D eigenvalue weighted by Crippen LogP contribution is 2.32. The van der Waals surface area contributed by atoms with Crippen molar-refractivity contribution in [1.29, 1.82) is 0 Å². The highest BCUT2D eigenvalue weighted by molar-refractivity contribution is 5.82. The van der Waals surface area contributed by atoms with Crippen molar-refractivity contribution in [1.82, 2.24) is 19.5 Å². The summed E-state index contributed by atoms with van der Waals surface area (Å²) < 4.78 is 18.1. The Morgan fingerprint density at radius 2 is 2.03 bits per heavy atom. The summed E-state index contributed by atoms with van der Waals surface area (Å²) in [5, 5.41) is 29.7. The minimum absolute atomic E-state index is 0.115. The van der Waals surface area contributed by atoms with Crippen molar-refractivity contribution in [2.75, 3.05) is 18.9 Å². The molecule has 5 N–H and O–H groups in total. The van der Waals surface area contributed by atoms with Crippen LogP contribution < -0.4 is 10.5 Å². The van der Waals surface area contributed by atoms with E-state index in [1.807, 2.05) is 18.2 Å². The second-order valence-electron chi connectivity index (χ2n) is 7.50. The van der Waals surface area contributed by atoms with Gasteiger partial charge in [0.2, 0.25) is 5.82 Å². The molecule has 1 saturated heterocycles. The van der Waals surface area contributed by atoms with Crippen molar-refractivity contribution in [3.05, 3.63) is 41.5 Å². The Kier molecular flexibility index (Phi) is 5.38. The van der Waals surface area contributed by atoms with Gasteiger partial charge in [-0.2, -0.15) is 0 Å². The first-order chi connectivity index (χ1) is 15.5. The second kappa shape index (κ2) is 8.34. The van der Waals surface area contributed by atoms with E-state index in [-0.39, 0.29) is 23.9 Å². The van der Waals surface area contributed by atoms with Gasteiger partial charge in [0, 0.05) is 0 Å². The molecule has 0 radical (unpaired) electrons. The zero-order valence-electron chi connectivity index (χ0n) is 16.9. The summed E-state index contributed by atoms with van der Waals surface area (Å²) in [5.74, 6) is 6.63. The molecule has 4 atom stereocenters. The molecule has 1 aromatic carbocycles. The number of aliphatic hydroxyl groups is 3. The zero-order chi connectivity index (χ0) is 22.2. The molecule has 4 heterocycles. The summed E-state index contributed by atoms with van der Waals surface area (Å²) in [6, 6.07) is 5.78. The molecule has 5 rings (SSSR count). The van der Waals surface area contributed by atoms with Crippen LogP contribution in [0, 0.1) is 11.8 Å². The van der Waals surface area contributed by atoms with Crippen LogP contribution >= 0.6 is 0 Å². The largest absolute Gasteiger partial charge is 0.481 e. The van der Waals surface area contributed by atoms with Crippen LogP contribution in [0.25, 0.3) is 11.2 Å². The molecule has 1 fully saturated rings. The van der Waals surface area contributed by atoms with Crippen LogP contribution in [0.5, 0.6) is 5.75 Å². The van der Waals surface area contributed by atoms with Gasteiger partial charge >= 0.3 is 0 Å². The number of fused-ring (bicyclic) bond motifs is 2. The van der Waals surface area contributed by atoms with E-state index in [4.69, 9.17) is 19.9 Å². The summed E-state index contributed by atoms with van der Waals surface area (Å²) in [6.07, 6.45) is -3.05. The van der Waals surface area contributed by atoms with Crippen molar-refractivity contribution in [2.45, 2.75) is 37.8 Å². The van der Waals surface area contributed by atoms with Gasteiger partial charge in [-0.15, -0.1) is 0 Å². The molecule has 11 heteroatoms. The fourth-order valence-corrected chi connectivity index (χ4v) is 3.76. The number of anilines is 1. The fraction of sp³-hybridized carbons (Fsp3) is 0.381. The van der Waals surface area contributed by atoms with Crippen LogP contribution in [-0.4, -0.2) is 66.4 Å². The minimum Gasteiger partial charge on any atom is -0.481 e. The van der Waals surface area contributed by atoms with E-state index >= 15 is 0 Å². The number of aliphatic hydroxyl groups excluding tert-OH is 3. The maximum atomic E-state index is 10.3. The van der Waals surface area contributed by atoms with Crippen LogP contribution in [0.15, 0.2) is 24.5 Å². The first-order valence-corrected chi connectivity index (χ1v) is 9.99. The van der Waals surface area contributed by atoms with Crippen LogP contribution in [0.1, 0.15) is 23.2 Å². The summed E-state index contributed by atoms with van der Waals surface area (Å²) in [7, 11) is 0. The normalized spacial score (nSPS) is 24.3. The third kappa shape index (κ3) is 3.64. The number of benzene rings is 1. The summed E-state index contributed by atoms with van der Waals surface area (Å²) in [6.45, 7) is 0.881. The van der Waals surface area contributed by atoms with Crippen molar-refractivity contribution >= 4 is 17.0 Å². The Bertz CT molecular complexity index is 1220. The Balaban J connectivity index is 1.35. The van der Waals surface area contributed by atoms with Crippen molar-refractivity contribution in [3.8, 4) is 17.6 Å². The Labute approximate surface area is 182 Å². The molecule has 0 spiro atoms. The third-order valence-corrected chi connectivity index (χ3v) is 5.44. The second-order valence-corrected chi connectivity index (χ2v) is 7.50. The molecule has 0 aliphatic carbocycles. The van der Waals surface area contributed by atoms with Gasteiger partial charge < -0.3 is 35.3 Å². The van der Waals surface area contributed by atoms with Gasteiger partial charge in [-0.1, -0.05) is 12.0 Å². The van der Waals surface area contributed by atoms with Gasteiger partial charge in [-0.05, 0) is 29.2 Å². The van der Waals surface area contributed by atoms with Crippen LogP contribution in [0.3, 0.4) is 0 Å². The maximum absolute atomic E-state index is 10.3. The minimum atomic E-state index is -1.28. The Morgan fingerprint density at radius 3 is 2.84 bits per heavy atom. The average Bonchev–Trinajstić information content (AvgIpc) is 3.49. The molecule has 32 heavy (non-hydrogen) atoms. The Hall–Kier alpha value is -3.27. The summed E-state index contributed by atoms with van der Waals surface area (Å²) in [5.41, 5.74) is 8.86. The quantitative estimate of drug-likeness (QED) is 0.390. The predicted octanol–water partition coefficient (Wildman–Crippen LogP) is -0.519. The lowest BCUT2D eigenvalue weighted by Crippen LogP contribution is -2.33. The van der Waals surface area contributed by atoms with Crippen molar-refractivity contribution in [2.24, 2.45) is 0 Å². The molecule has 0 amide bonds. The van der Waals surface area contributed by atoms with E-state index in [0.29, 0.717) is 24.5 Å². The molecular weight excluding hydrogens is 418 g/mol. The number of nitrogens with zero attached hydrogens (tertiary/aromatic N) is 4. The highest BCUT2D eigenvalue weighted by Gasteiger charge is 2.44. The van der Waals surface area contributed by atoms with Gasteiger partial charge in [0.15, 0.2) is 17.7 Å². The SMILES string of the molecule is Nc1nc(C#CCOc2ccc3c(c2)COC3)nc2c1ncn2[C@@H]1O[C@H](CO)[C@@H](O)[C@H]1O. The van der Waals surface area contributed by atoms with E-state index < -0.39 is 31.1 Å². The van der Waals surface area contributed by atoms with Crippen LogP contribution in [0.2, 0.25) is 0 Å². The van der Waals surface area contributed by atoms with E-state index in [9.17, 15) is 15.3 Å².